The fraction of sp³-hybridized carbons (Fsp3) is 0.318. The Kier molecular flexibility index (Phi) is 4.76. The van der Waals surface area contributed by atoms with E-state index < -0.39 is 0 Å². The molecule has 4 heteroatoms. The topological polar surface area (TPSA) is 43.4 Å². The van der Waals surface area contributed by atoms with Crippen LogP contribution in [-0.2, 0) is 0 Å². The first-order chi connectivity index (χ1) is 12.8. The summed E-state index contributed by atoms with van der Waals surface area (Å²) < 4.78 is 11.9. The molecule has 0 aliphatic carbocycles. The maximum atomic E-state index is 6.45. The SMILES string of the molecule is COc1ccc(-c2c(OC3CCNCC3)ccc3cnccc23)cc1C. The van der Waals surface area contributed by atoms with Crippen LogP contribution in [0.3, 0.4) is 0 Å². The lowest BCUT2D eigenvalue weighted by molar-refractivity contribution is 0.163. The number of aryl methyl sites for hydroxylation is 1. The zero-order valence-corrected chi connectivity index (χ0v) is 15.3. The molecule has 0 unspecified atom stereocenters. The van der Waals surface area contributed by atoms with Crippen LogP contribution >= 0.6 is 0 Å². The van der Waals surface area contributed by atoms with E-state index in [4.69, 9.17) is 9.47 Å². The van der Waals surface area contributed by atoms with Gasteiger partial charge in [-0.1, -0.05) is 6.07 Å². The second kappa shape index (κ2) is 7.34. The molecule has 1 aromatic heterocycles. The van der Waals surface area contributed by atoms with Crippen LogP contribution in [0.1, 0.15) is 18.4 Å². The van der Waals surface area contributed by atoms with Crippen molar-refractivity contribution < 1.29 is 9.47 Å². The molecule has 134 valence electrons. The van der Waals surface area contributed by atoms with E-state index in [1.165, 1.54) is 0 Å². The van der Waals surface area contributed by atoms with Gasteiger partial charge in [-0.2, -0.15) is 0 Å². The largest absolute Gasteiger partial charge is 0.496 e. The van der Waals surface area contributed by atoms with Crippen LogP contribution in [-0.4, -0.2) is 31.3 Å². The fourth-order valence-electron chi connectivity index (χ4n) is 3.67. The first kappa shape index (κ1) is 16.9. The Bertz CT molecular complexity index is 917. The maximum absolute atomic E-state index is 6.45. The molecule has 0 saturated carbocycles. The van der Waals surface area contributed by atoms with Crippen LogP contribution in [0.5, 0.6) is 11.5 Å². The third-order valence-corrected chi connectivity index (χ3v) is 5.05. The van der Waals surface area contributed by atoms with Gasteiger partial charge in [-0.3, -0.25) is 4.98 Å². The Balaban J connectivity index is 1.84. The second-order valence-electron chi connectivity index (χ2n) is 6.79. The molecule has 0 radical (unpaired) electrons. The zero-order valence-electron chi connectivity index (χ0n) is 15.3. The summed E-state index contributed by atoms with van der Waals surface area (Å²) in [7, 11) is 1.71. The van der Waals surface area contributed by atoms with Crippen molar-refractivity contribution in [2.24, 2.45) is 0 Å². The third kappa shape index (κ3) is 3.25. The number of hydrogen-bond donors (Lipinski definition) is 1. The summed E-state index contributed by atoms with van der Waals surface area (Å²) in [5.41, 5.74) is 3.39. The van der Waals surface area contributed by atoms with Crippen molar-refractivity contribution in [3.63, 3.8) is 0 Å². The van der Waals surface area contributed by atoms with Crippen LogP contribution in [0.2, 0.25) is 0 Å². The summed E-state index contributed by atoms with van der Waals surface area (Å²) >= 11 is 0. The zero-order chi connectivity index (χ0) is 17.9. The molecule has 1 aliphatic heterocycles. The van der Waals surface area contributed by atoms with Gasteiger partial charge in [-0.15, -0.1) is 0 Å². The number of fused-ring (bicyclic) bond motifs is 1. The van der Waals surface area contributed by atoms with Gasteiger partial charge >= 0.3 is 0 Å². The number of nitrogens with zero attached hydrogens (tertiary/aromatic N) is 1. The minimum Gasteiger partial charge on any atom is -0.496 e. The molecule has 4 nitrogen and oxygen atoms in total. The molecule has 2 heterocycles. The highest BCUT2D eigenvalue weighted by atomic mass is 16.5. The van der Waals surface area contributed by atoms with Gasteiger partial charge < -0.3 is 14.8 Å². The molecular formula is C22H24N2O2. The average molecular weight is 348 g/mol. The first-order valence-electron chi connectivity index (χ1n) is 9.15. The summed E-state index contributed by atoms with van der Waals surface area (Å²) in [6.45, 7) is 4.10. The van der Waals surface area contributed by atoms with E-state index >= 15 is 0 Å². The van der Waals surface area contributed by atoms with Gasteiger partial charge in [0.1, 0.15) is 17.6 Å². The van der Waals surface area contributed by atoms with E-state index in [1.807, 2.05) is 18.5 Å². The Morgan fingerprint density at radius 3 is 2.62 bits per heavy atom. The quantitative estimate of drug-likeness (QED) is 0.761. The van der Waals surface area contributed by atoms with E-state index in [2.05, 4.69) is 47.6 Å². The van der Waals surface area contributed by atoms with Gasteiger partial charge in [0.25, 0.3) is 0 Å². The molecule has 0 spiro atoms. The van der Waals surface area contributed by atoms with Gasteiger partial charge in [0.2, 0.25) is 0 Å². The summed E-state index contributed by atoms with van der Waals surface area (Å²) in [5.74, 6) is 1.84. The van der Waals surface area contributed by atoms with Crippen molar-refractivity contribution >= 4 is 10.8 Å². The van der Waals surface area contributed by atoms with Crippen molar-refractivity contribution in [1.29, 1.82) is 0 Å². The Hall–Kier alpha value is -2.59. The number of methoxy groups -OCH3 is 1. The van der Waals surface area contributed by atoms with E-state index in [-0.39, 0.29) is 6.10 Å². The number of pyridine rings is 1. The molecule has 0 bridgehead atoms. The van der Waals surface area contributed by atoms with Crippen LogP contribution in [0.25, 0.3) is 21.9 Å². The number of piperidine rings is 1. The molecule has 0 atom stereocenters. The summed E-state index contributed by atoms with van der Waals surface area (Å²) in [5, 5.41) is 5.68. The molecule has 3 aromatic rings. The predicted octanol–water partition coefficient (Wildman–Crippen LogP) is 4.35. The maximum Gasteiger partial charge on any atom is 0.128 e. The van der Waals surface area contributed by atoms with Gasteiger partial charge in [0.05, 0.1) is 7.11 Å². The lowest BCUT2D eigenvalue weighted by atomic mass is 9.96. The van der Waals surface area contributed by atoms with Gasteiger partial charge in [0, 0.05) is 23.3 Å². The van der Waals surface area contributed by atoms with Crippen molar-refractivity contribution in [2.75, 3.05) is 20.2 Å². The molecule has 0 amide bonds. The third-order valence-electron chi connectivity index (χ3n) is 5.05. The number of benzene rings is 2. The summed E-state index contributed by atoms with van der Waals surface area (Å²) in [6, 6.07) is 12.6. The lowest BCUT2D eigenvalue weighted by Gasteiger charge is -2.25. The number of nitrogens with one attached hydrogen (secondary N) is 1. The predicted molar refractivity (Wildman–Crippen MR) is 105 cm³/mol. The molecular weight excluding hydrogens is 324 g/mol. The molecule has 26 heavy (non-hydrogen) atoms. The van der Waals surface area contributed by atoms with E-state index in [1.54, 1.807) is 7.11 Å². The first-order valence-corrected chi connectivity index (χ1v) is 9.15. The molecule has 4 rings (SSSR count). The van der Waals surface area contributed by atoms with Crippen molar-refractivity contribution in [2.45, 2.75) is 25.9 Å². The van der Waals surface area contributed by atoms with E-state index in [0.29, 0.717) is 0 Å². The molecule has 2 aromatic carbocycles. The van der Waals surface area contributed by atoms with Crippen molar-refractivity contribution in [1.82, 2.24) is 10.3 Å². The van der Waals surface area contributed by atoms with Gasteiger partial charge in [-0.25, -0.2) is 0 Å². The molecule has 1 N–H and O–H groups in total. The number of ether oxygens (including phenoxy) is 2. The Morgan fingerprint density at radius 1 is 1.04 bits per heavy atom. The average Bonchev–Trinajstić information content (AvgIpc) is 2.68. The Labute approximate surface area is 154 Å². The van der Waals surface area contributed by atoms with Crippen LogP contribution in [0, 0.1) is 6.92 Å². The minimum atomic E-state index is 0.258. The molecule has 1 fully saturated rings. The van der Waals surface area contributed by atoms with Crippen LogP contribution in [0.4, 0.5) is 0 Å². The Morgan fingerprint density at radius 2 is 1.85 bits per heavy atom. The van der Waals surface area contributed by atoms with E-state index in [0.717, 1.165) is 64.9 Å². The summed E-state index contributed by atoms with van der Waals surface area (Å²) in [4.78, 5) is 4.27. The van der Waals surface area contributed by atoms with Gasteiger partial charge in [-0.05, 0) is 79.7 Å². The smallest absolute Gasteiger partial charge is 0.128 e. The highest BCUT2D eigenvalue weighted by molar-refractivity contribution is 5.99. The monoisotopic (exact) mass is 348 g/mol. The standard InChI is InChI=1S/C22H24N2O2/c1-15-13-16(3-5-20(15)25-2)22-19-9-12-24-14-17(19)4-6-21(22)26-18-7-10-23-11-8-18/h3-6,9,12-14,18,23H,7-8,10-11H2,1-2H3. The number of aromatic nitrogens is 1. The van der Waals surface area contributed by atoms with E-state index in [9.17, 15) is 0 Å². The van der Waals surface area contributed by atoms with Crippen LogP contribution < -0.4 is 14.8 Å². The number of hydrogen-bond acceptors (Lipinski definition) is 4. The van der Waals surface area contributed by atoms with Crippen molar-refractivity contribution in [3.8, 4) is 22.6 Å². The molecule has 1 saturated heterocycles. The number of rotatable bonds is 4. The fourth-order valence-corrected chi connectivity index (χ4v) is 3.67. The van der Waals surface area contributed by atoms with Crippen molar-refractivity contribution in [3.05, 3.63) is 54.4 Å². The van der Waals surface area contributed by atoms with Gasteiger partial charge in [0.15, 0.2) is 0 Å². The normalized spacial score (nSPS) is 15.2. The summed E-state index contributed by atoms with van der Waals surface area (Å²) in [6.07, 6.45) is 6.08. The minimum absolute atomic E-state index is 0.258. The van der Waals surface area contributed by atoms with Crippen LogP contribution in [0.15, 0.2) is 48.8 Å². The highest BCUT2D eigenvalue weighted by Gasteiger charge is 2.19. The highest BCUT2D eigenvalue weighted by Crippen LogP contribution is 2.39. The second-order valence-corrected chi connectivity index (χ2v) is 6.79. The molecule has 1 aliphatic rings. The lowest BCUT2D eigenvalue weighted by Crippen LogP contribution is -2.34.